The van der Waals surface area contributed by atoms with Crippen LogP contribution in [0.5, 0.6) is 0 Å². The molecule has 3 aromatic carbocycles. The zero-order valence-corrected chi connectivity index (χ0v) is 35.5. The third-order valence-corrected chi connectivity index (χ3v) is 15.3. The second kappa shape index (κ2) is 24.6. The molecule has 4 aliphatic rings. The van der Waals surface area contributed by atoms with Crippen molar-refractivity contribution in [2.75, 3.05) is 0 Å². The Morgan fingerprint density at radius 3 is 1.05 bits per heavy atom. The largest absolute Gasteiger partial charge is 0.0776 e. The van der Waals surface area contributed by atoms with Gasteiger partial charge >= 0.3 is 0 Å². The average Bonchev–Trinajstić information content (AvgIpc) is 3.23. The van der Waals surface area contributed by atoms with E-state index >= 15 is 0 Å². The highest BCUT2D eigenvalue weighted by Gasteiger charge is 2.31. The normalized spacial score (nSPS) is 27.9. The van der Waals surface area contributed by atoms with E-state index in [1.807, 2.05) is 0 Å². The summed E-state index contributed by atoms with van der Waals surface area (Å²) in [6.07, 6.45) is 34.6. The SMILES string of the molecule is C.C.CCCC1CCC(C2CCC(c3ccc(C)cc3)CC2)CC1.CCCCCC1CCC(c2ccc(-c3ccc(C4CCC(CCC)CC4)cc3)cc2)CC1. The maximum absolute atomic E-state index is 2.42. The van der Waals surface area contributed by atoms with Crippen LogP contribution in [-0.2, 0) is 0 Å². The van der Waals surface area contributed by atoms with E-state index in [0.717, 1.165) is 47.3 Å². The molecule has 0 nitrogen and oxygen atoms in total. The molecule has 0 radical (unpaired) electrons. The highest BCUT2D eigenvalue weighted by Crippen LogP contribution is 2.45. The van der Waals surface area contributed by atoms with Gasteiger partial charge in [0.1, 0.15) is 0 Å². The number of hydrogen-bond acceptors (Lipinski definition) is 0. The third kappa shape index (κ3) is 13.6. The second-order valence-electron chi connectivity index (χ2n) is 19.1. The minimum atomic E-state index is 0. The van der Waals surface area contributed by atoms with Gasteiger partial charge in [-0.3, -0.25) is 0 Å². The smallest absolute Gasteiger partial charge is 0.0162 e. The zero-order valence-electron chi connectivity index (χ0n) is 35.5. The van der Waals surface area contributed by atoms with Crippen molar-refractivity contribution in [2.24, 2.45) is 29.6 Å². The van der Waals surface area contributed by atoms with Crippen LogP contribution in [-0.4, -0.2) is 0 Å². The Morgan fingerprint density at radius 1 is 0.357 bits per heavy atom. The number of hydrogen-bond donors (Lipinski definition) is 0. The van der Waals surface area contributed by atoms with E-state index in [1.165, 1.54) is 171 Å². The molecular weight excluding hydrogens is 673 g/mol. The first-order valence-corrected chi connectivity index (χ1v) is 23.8. The maximum atomic E-state index is 2.42. The van der Waals surface area contributed by atoms with Crippen LogP contribution in [0.15, 0.2) is 72.8 Å². The van der Waals surface area contributed by atoms with Crippen LogP contribution >= 0.6 is 0 Å². The number of aryl methyl sites for hydroxylation is 1. The molecule has 0 heteroatoms. The first-order valence-electron chi connectivity index (χ1n) is 23.8. The summed E-state index contributed by atoms with van der Waals surface area (Å²) < 4.78 is 0. The van der Waals surface area contributed by atoms with Gasteiger partial charge in [-0.15, -0.1) is 0 Å². The minimum Gasteiger partial charge on any atom is -0.0776 e. The van der Waals surface area contributed by atoms with E-state index in [4.69, 9.17) is 0 Å². The molecule has 0 aliphatic heterocycles. The lowest BCUT2D eigenvalue weighted by Crippen LogP contribution is -2.25. The fourth-order valence-electron chi connectivity index (χ4n) is 11.7. The molecule has 0 spiro atoms. The van der Waals surface area contributed by atoms with Gasteiger partial charge < -0.3 is 0 Å². The molecular formula is C56H88. The summed E-state index contributed by atoms with van der Waals surface area (Å²) in [6, 6.07) is 28.4. The van der Waals surface area contributed by atoms with E-state index in [-0.39, 0.29) is 14.9 Å². The first-order chi connectivity index (χ1) is 26.5. The molecule has 4 fully saturated rings. The van der Waals surface area contributed by atoms with Crippen LogP contribution in [0.25, 0.3) is 11.1 Å². The fourth-order valence-corrected chi connectivity index (χ4v) is 11.7. The Hall–Kier alpha value is -2.34. The van der Waals surface area contributed by atoms with Crippen LogP contribution < -0.4 is 0 Å². The number of rotatable bonds is 13. The van der Waals surface area contributed by atoms with Crippen LogP contribution in [0.3, 0.4) is 0 Å². The quantitative estimate of drug-likeness (QED) is 0.152. The Labute approximate surface area is 348 Å². The van der Waals surface area contributed by atoms with Gasteiger partial charge in [-0.1, -0.05) is 178 Å². The minimum absolute atomic E-state index is 0. The molecule has 0 bridgehead atoms. The molecule has 0 atom stereocenters. The third-order valence-electron chi connectivity index (χ3n) is 15.3. The molecule has 0 heterocycles. The Balaban J connectivity index is 0.000000255. The standard InChI is InChI=1S/C32H46.C22H34.2CH4/c1-3-5-6-8-26-11-15-28(16-12-26)30-19-23-32(24-20-30)31-21-17-29(18-22-31)27-13-9-25(7-4-2)10-14-27;1-3-4-18-7-11-20(12-8-18)22-15-13-21(14-16-22)19-9-5-17(2)6-10-19;;/h17-28H,3-16H2,1-2H3;5-6,9-10,18,20-22H,3-4,7-8,11-16H2,1-2H3;2*1H4. The van der Waals surface area contributed by atoms with Gasteiger partial charge in [-0.25, -0.2) is 0 Å². The highest BCUT2D eigenvalue weighted by atomic mass is 14.4. The maximum Gasteiger partial charge on any atom is -0.0162 e. The topological polar surface area (TPSA) is 0 Å². The van der Waals surface area contributed by atoms with Crippen LogP contribution in [0, 0.1) is 36.5 Å². The molecule has 312 valence electrons. The van der Waals surface area contributed by atoms with Crippen LogP contribution in [0.4, 0.5) is 0 Å². The molecule has 0 unspecified atom stereocenters. The summed E-state index contributed by atoms with van der Waals surface area (Å²) in [7, 11) is 0. The molecule has 4 aliphatic carbocycles. The van der Waals surface area contributed by atoms with Gasteiger partial charge in [-0.2, -0.15) is 0 Å². The lowest BCUT2D eigenvalue weighted by atomic mass is 9.68. The first kappa shape index (κ1) is 46.4. The van der Waals surface area contributed by atoms with Crippen molar-refractivity contribution in [3.8, 4) is 11.1 Å². The monoisotopic (exact) mass is 761 g/mol. The predicted molar refractivity (Wildman–Crippen MR) is 250 cm³/mol. The Bertz CT molecular complexity index is 1410. The van der Waals surface area contributed by atoms with Crippen molar-refractivity contribution in [2.45, 2.75) is 214 Å². The molecule has 7 rings (SSSR count). The fraction of sp³-hybridized carbons (Fsp3) is 0.679. The number of unbranched alkanes of at least 4 members (excludes halogenated alkanes) is 2. The van der Waals surface area contributed by atoms with Crippen molar-refractivity contribution in [1.29, 1.82) is 0 Å². The van der Waals surface area contributed by atoms with Crippen molar-refractivity contribution in [3.63, 3.8) is 0 Å². The summed E-state index contributed by atoms with van der Waals surface area (Å²) >= 11 is 0. The summed E-state index contributed by atoms with van der Waals surface area (Å²) in [5.74, 6) is 7.57. The van der Waals surface area contributed by atoms with E-state index in [1.54, 1.807) is 16.7 Å². The van der Waals surface area contributed by atoms with Gasteiger partial charge in [0.05, 0.1) is 0 Å². The molecule has 0 saturated heterocycles. The molecule has 0 N–H and O–H groups in total. The van der Waals surface area contributed by atoms with Crippen molar-refractivity contribution in [3.05, 3.63) is 95.1 Å². The highest BCUT2D eigenvalue weighted by molar-refractivity contribution is 5.64. The molecule has 4 saturated carbocycles. The summed E-state index contributed by atoms with van der Waals surface area (Å²) in [4.78, 5) is 0. The average molecular weight is 761 g/mol. The van der Waals surface area contributed by atoms with E-state index in [0.29, 0.717) is 0 Å². The van der Waals surface area contributed by atoms with Crippen LogP contribution in [0.1, 0.15) is 230 Å². The van der Waals surface area contributed by atoms with Crippen molar-refractivity contribution in [1.82, 2.24) is 0 Å². The van der Waals surface area contributed by atoms with Gasteiger partial charge in [0, 0.05) is 0 Å². The van der Waals surface area contributed by atoms with Crippen LogP contribution in [0.2, 0.25) is 0 Å². The van der Waals surface area contributed by atoms with Gasteiger partial charge in [-0.05, 0) is 172 Å². The molecule has 0 aromatic heterocycles. The summed E-state index contributed by atoms with van der Waals surface area (Å²) in [6.45, 7) is 9.18. The lowest BCUT2D eigenvalue weighted by Gasteiger charge is -2.38. The summed E-state index contributed by atoms with van der Waals surface area (Å²) in [5, 5.41) is 0. The van der Waals surface area contributed by atoms with Gasteiger partial charge in [0.15, 0.2) is 0 Å². The molecule has 0 amide bonds. The summed E-state index contributed by atoms with van der Waals surface area (Å²) in [5.41, 5.74) is 8.87. The number of benzene rings is 3. The zero-order chi connectivity index (χ0) is 37.5. The van der Waals surface area contributed by atoms with Gasteiger partial charge in [0.2, 0.25) is 0 Å². The van der Waals surface area contributed by atoms with Gasteiger partial charge in [0.25, 0.3) is 0 Å². The predicted octanol–water partition coefficient (Wildman–Crippen LogP) is 18.4. The lowest BCUT2D eigenvalue weighted by molar-refractivity contribution is 0.156. The van der Waals surface area contributed by atoms with E-state index in [2.05, 4.69) is 100 Å². The second-order valence-corrected chi connectivity index (χ2v) is 19.1. The molecule has 56 heavy (non-hydrogen) atoms. The van der Waals surface area contributed by atoms with E-state index in [9.17, 15) is 0 Å². The van der Waals surface area contributed by atoms with Crippen molar-refractivity contribution < 1.29 is 0 Å². The Kier molecular flexibility index (Phi) is 20.3. The Morgan fingerprint density at radius 2 is 0.679 bits per heavy atom. The van der Waals surface area contributed by atoms with Crippen molar-refractivity contribution >= 4 is 0 Å². The molecule has 3 aromatic rings. The van der Waals surface area contributed by atoms with E-state index < -0.39 is 0 Å².